The number of carboxylic acids is 1. The van der Waals surface area contributed by atoms with Gasteiger partial charge in [0.05, 0.1) is 0 Å². The predicted molar refractivity (Wildman–Crippen MR) is 73.0 cm³/mol. The molecule has 1 aromatic rings. The van der Waals surface area contributed by atoms with Crippen LogP contribution in [0.3, 0.4) is 0 Å². The number of hydrogen-bond donors (Lipinski definition) is 2. The van der Waals surface area contributed by atoms with Crippen LogP contribution in [0.1, 0.15) is 39.4 Å². The van der Waals surface area contributed by atoms with Crippen molar-refractivity contribution in [2.75, 3.05) is 11.9 Å². The normalized spacial score (nSPS) is 12.7. The number of anilines is 1. The zero-order valence-electron chi connectivity index (χ0n) is 11.1. The van der Waals surface area contributed by atoms with Crippen LogP contribution in [0.15, 0.2) is 0 Å². The Morgan fingerprint density at radius 2 is 2.22 bits per heavy atom. The van der Waals surface area contributed by atoms with Gasteiger partial charge in [-0.1, -0.05) is 20.8 Å². The van der Waals surface area contributed by atoms with Gasteiger partial charge in [-0.05, 0) is 18.3 Å². The van der Waals surface area contributed by atoms with Crippen molar-refractivity contribution in [2.45, 2.75) is 40.0 Å². The van der Waals surface area contributed by atoms with Crippen molar-refractivity contribution in [1.29, 1.82) is 0 Å². The van der Waals surface area contributed by atoms with E-state index in [1.807, 2.05) is 6.92 Å². The van der Waals surface area contributed by atoms with E-state index in [-0.39, 0.29) is 12.3 Å². The monoisotopic (exact) mass is 271 g/mol. The molecule has 1 unspecified atom stereocenters. The van der Waals surface area contributed by atoms with Crippen LogP contribution in [0.2, 0.25) is 0 Å². The quantitative estimate of drug-likeness (QED) is 0.760. The van der Waals surface area contributed by atoms with Gasteiger partial charge in [-0.3, -0.25) is 4.79 Å². The summed E-state index contributed by atoms with van der Waals surface area (Å²) in [6, 6.07) is 0. The SMILES string of the molecule is CCc1nsc(NCC(CC(=O)O)CC(C)C)n1. The maximum atomic E-state index is 10.8. The van der Waals surface area contributed by atoms with Crippen LogP contribution in [0, 0.1) is 11.8 Å². The number of carbonyl (C=O) groups is 1. The van der Waals surface area contributed by atoms with Crippen molar-refractivity contribution in [3.05, 3.63) is 5.82 Å². The number of carboxylic acid groups (broad SMARTS) is 1. The lowest BCUT2D eigenvalue weighted by Gasteiger charge is -2.17. The molecular weight excluding hydrogens is 250 g/mol. The summed E-state index contributed by atoms with van der Waals surface area (Å²) in [5.41, 5.74) is 0. The molecular formula is C12H21N3O2S. The van der Waals surface area contributed by atoms with Gasteiger partial charge in [0.1, 0.15) is 5.82 Å². The molecule has 0 radical (unpaired) electrons. The average Bonchev–Trinajstić information content (AvgIpc) is 2.72. The molecule has 1 heterocycles. The highest BCUT2D eigenvalue weighted by molar-refractivity contribution is 7.09. The van der Waals surface area contributed by atoms with Gasteiger partial charge in [0.2, 0.25) is 5.13 Å². The Balaban J connectivity index is 2.47. The second-order valence-electron chi connectivity index (χ2n) is 4.84. The first-order chi connectivity index (χ1) is 8.51. The molecule has 0 aliphatic carbocycles. The van der Waals surface area contributed by atoms with E-state index >= 15 is 0 Å². The van der Waals surface area contributed by atoms with Crippen LogP contribution in [-0.4, -0.2) is 27.0 Å². The Labute approximate surface area is 112 Å². The van der Waals surface area contributed by atoms with E-state index in [1.54, 1.807) is 0 Å². The fourth-order valence-corrected chi connectivity index (χ4v) is 2.51. The standard InChI is InChI=1S/C12H21N3O2S/c1-4-10-14-12(18-15-10)13-7-9(5-8(2)3)6-11(16)17/h8-9H,4-7H2,1-3H3,(H,16,17)(H,13,14,15). The fraction of sp³-hybridized carbons (Fsp3) is 0.750. The maximum Gasteiger partial charge on any atom is 0.303 e. The van der Waals surface area contributed by atoms with E-state index in [4.69, 9.17) is 5.11 Å². The zero-order valence-corrected chi connectivity index (χ0v) is 12.0. The summed E-state index contributed by atoms with van der Waals surface area (Å²) in [6.45, 7) is 6.87. The van der Waals surface area contributed by atoms with Gasteiger partial charge >= 0.3 is 5.97 Å². The molecule has 2 N–H and O–H groups in total. The number of nitrogens with zero attached hydrogens (tertiary/aromatic N) is 2. The molecule has 0 spiro atoms. The molecule has 0 fully saturated rings. The number of rotatable bonds is 8. The first-order valence-electron chi connectivity index (χ1n) is 6.29. The van der Waals surface area contributed by atoms with Crippen LogP contribution in [0.4, 0.5) is 5.13 Å². The smallest absolute Gasteiger partial charge is 0.303 e. The van der Waals surface area contributed by atoms with Crippen LogP contribution >= 0.6 is 11.5 Å². The molecule has 102 valence electrons. The molecule has 0 aromatic carbocycles. The van der Waals surface area contributed by atoms with Crippen molar-refractivity contribution >= 4 is 22.6 Å². The molecule has 0 saturated carbocycles. The lowest BCUT2D eigenvalue weighted by atomic mass is 9.94. The van der Waals surface area contributed by atoms with Gasteiger partial charge in [0, 0.05) is 30.9 Å². The van der Waals surface area contributed by atoms with Crippen molar-refractivity contribution in [3.8, 4) is 0 Å². The van der Waals surface area contributed by atoms with E-state index in [0.717, 1.165) is 23.8 Å². The maximum absolute atomic E-state index is 10.8. The summed E-state index contributed by atoms with van der Waals surface area (Å²) in [5, 5.41) is 12.9. The third kappa shape index (κ3) is 5.44. The molecule has 0 bridgehead atoms. The third-order valence-electron chi connectivity index (χ3n) is 2.59. The van der Waals surface area contributed by atoms with Gasteiger partial charge in [0.15, 0.2) is 0 Å². The largest absolute Gasteiger partial charge is 0.481 e. The molecule has 5 nitrogen and oxygen atoms in total. The van der Waals surface area contributed by atoms with Crippen LogP contribution in [-0.2, 0) is 11.2 Å². The number of aryl methyl sites for hydroxylation is 1. The summed E-state index contributed by atoms with van der Waals surface area (Å²) < 4.78 is 4.19. The highest BCUT2D eigenvalue weighted by atomic mass is 32.1. The van der Waals surface area contributed by atoms with Crippen LogP contribution in [0.5, 0.6) is 0 Å². The van der Waals surface area contributed by atoms with Gasteiger partial charge in [-0.15, -0.1) is 0 Å². The van der Waals surface area contributed by atoms with E-state index in [1.165, 1.54) is 11.5 Å². The minimum absolute atomic E-state index is 0.136. The van der Waals surface area contributed by atoms with E-state index in [9.17, 15) is 4.79 Å². The van der Waals surface area contributed by atoms with Gasteiger partial charge in [0.25, 0.3) is 0 Å². The highest BCUT2D eigenvalue weighted by Gasteiger charge is 2.15. The van der Waals surface area contributed by atoms with Crippen molar-refractivity contribution in [1.82, 2.24) is 9.36 Å². The molecule has 0 amide bonds. The summed E-state index contributed by atoms with van der Waals surface area (Å²) >= 11 is 1.33. The van der Waals surface area contributed by atoms with Gasteiger partial charge < -0.3 is 10.4 Å². The molecule has 1 rings (SSSR count). The number of hydrogen-bond acceptors (Lipinski definition) is 5. The predicted octanol–water partition coefficient (Wildman–Crippen LogP) is 2.65. The van der Waals surface area contributed by atoms with E-state index in [0.29, 0.717) is 12.5 Å². The highest BCUT2D eigenvalue weighted by Crippen LogP contribution is 2.18. The molecule has 0 saturated heterocycles. The second kappa shape index (κ2) is 7.31. The van der Waals surface area contributed by atoms with E-state index < -0.39 is 5.97 Å². The minimum Gasteiger partial charge on any atom is -0.481 e. The topological polar surface area (TPSA) is 75.1 Å². The Morgan fingerprint density at radius 1 is 1.50 bits per heavy atom. The van der Waals surface area contributed by atoms with Crippen molar-refractivity contribution in [2.24, 2.45) is 11.8 Å². The van der Waals surface area contributed by atoms with Gasteiger partial charge in [-0.2, -0.15) is 4.37 Å². The molecule has 0 aliphatic rings. The summed E-state index contributed by atoms with van der Waals surface area (Å²) in [4.78, 5) is 15.1. The Morgan fingerprint density at radius 3 is 2.72 bits per heavy atom. The third-order valence-corrected chi connectivity index (χ3v) is 3.30. The molecule has 6 heteroatoms. The lowest BCUT2D eigenvalue weighted by molar-refractivity contribution is -0.138. The van der Waals surface area contributed by atoms with Crippen molar-refractivity contribution < 1.29 is 9.90 Å². The first kappa shape index (κ1) is 14.9. The lowest BCUT2D eigenvalue weighted by Crippen LogP contribution is -2.19. The average molecular weight is 271 g/mol. The summed E-state index contributed by atoms with van der Waals surface area (Å²) in [6.07, 6.45) is 1.92. The molecule has 1 aromatic heterocycles. The Bertz CT molecular complexity index is 379. The van der Waals surface area contributed by atoms with Crippen LogP contribution in [0.25, 0.3) is 0 Å². The molecule has 0 aliphatic heterocycles. The second-order valence-corrected chi connectivity index (χ2v) is 5.60. The minimum atomic E-state index is -0.742. The molecule has 1 atom stereocenters. The van der Waals surface area contributed by atoms with Gasteiger partial charge in [-0.25, -0.2) is 4.98 Å². The van der Waals surface area contributed by atoms with E-state index in [2.05, 4.69) is 28.5 Å². The number of aromatic nitrogens is 2. The first-order valence-corrected chi connectivity index (χ1v) is 7.06. The summed E-state index contributed by atoms with van der Waals surface area (Å²) in [7, 11) is 0. The van der Waals surface area contributed by atoms with Crippen molar-refractivity contribution in [3.63, 3.8) is 0 Å². The fourth-order valence-electron chi connectivity index (χ4n) is 1.85. The Kier molecular flexibility index (Phi) is 6.04. The Hall–Kier alpha value is -1.17. The number of nitrogens with one attached hydrogen (secondary N) is 1. The number of aliphatic carboxylic acids is 1. The zero-order chi connectivity index (χ0) is 13.5. The molecule has 18 heavy (non-hydrogen) atoms. The van der Waals surface area contributed by atoms with Crippen LogP contribution < -0.4 is 5.32 Å². The summed E-state index contributed by atoms with van der Waals surface area (Å²) in [5.74, 6) is 0.725.